The molecule has 0 radical (unpaired) electrons. The maximum absolute atomic E-state index is 11.1. The summed E-state index contributed by atoms with van der Waals surface area (Å²) < 4.78 is 10.4. The molecule has 0 aliphatic heterocycles. The Morgan fingerprint density at radius 2 is 1.63 bits per heavy atom. The van der Waals surface area contributed by atoms with Crippen molar-refractivity contribution in [2.45, 2.75) is 0 Å². The maximum atomic E-state index is 11.1. The summed E-state index contributed by atoms with van der Waals surface area (Å²) in [6, 6.07) is 10.3. The Bertz CT molecular complexity index is 580. The van der Waals surface area contributed by atoms with Gasteiger partial charge in [-0.25, -0.2) is 0 Å². The zero-order chi connectivity index (χ0) is 13.8. The first-order valence-corrected chi connectivity index (χ1v) is 5.70. The van der Waals surface area contributed by atoms with Gasteiger partial charge in [-0.3, -0.25) is 4.79 Å². The quantitative estimate of drug-likeness (QED) is 0.857. The first-order chi connectivity index (χ1) is 9.19. The van der Waals surface area contributed by atoms with Gasteiger partial charge in [0.15, 0.2) is 6.29 Å². The molecule has 4 heteroatoms. The van der Waals surface area contributed by atoms with Gasteiger partial charge >= 0.3 is 0 Å². The molecule has 98 valence electrons. The third-order valence-corrected chi connectivity index (χ3v) is 2.84. The van der Waals surface area contributed by atoms with E-state index in [1.807, 2.05) is 6.07 Å². The minimum atomic E-state index is 0.176. The van der Waals surface area contributed by atoms with Gasteiger partial charge in [-0.05, 0) is 35.4 Å². The predicted molar refractivity (Wildman–Crippen MR) is 72.0 cm³/mol. The largest absolute Gasteiger partial charge is 0.508 e. The minimum absolute atomic E-state index is 0.176. The maximum Gasteiger partial charge on any atom is 0.157 e. The van der Waals surface area contributed by atoms with Gasteiger partial charge in [-0.15, -0.1) is 0 Å². The van der Waals surface area contributed by atoms with Gasteiger partial charge in [-0.1, -0.05) is 12.1 Å². The Hall–Kier alpha value is -2.49. The van der Waals surface area contributed by atoms with Gasteiger partial charge in [-0.2, -0.15) is 0 Å². The van der Waals surface area contributed by atoms with Crippen molar-refractivity contribution in [2.75, 3.05) is 14.2 Å². The zero-order valence-corrected chi connectivity index (χ0v) is 10.7. The number of aldehydes is 1. The highest BCUT2D eigenvalue weighted by molar-refractivity contribution is 5.86. The lowest BCUT2D eigenvalue weighted by atomic mass is 10.0. The van der Waals surface area contributed by atoms with Crippen molar-refractivity contribution < 1.29 is 19.4 Å². The van der Waals surface area contributed by atoms with Gasteiger partial charge in [0.05, 0.1) is 19.8 Å². The summed E-state index contributed by atoms with van der Waals surface area (Å²) in [6.07, 6.45) is 0.698. The summed E-state index contributed by atoms with van der Waals surface area (Å²) in [4.78, 5) is 11.1. The highest BCUT2D eigenvalue weighted by Gasteiger charge is 2.12. The van der Waals surface area contributed by atoms with Crippen LogP contribution in [0.25, 0.3) is 11.1 Å². The van der Waals surface area contributed by atoms with Crippen LogP contribution in [-0.4, -0.2) is 25.6 Å². The average Bonchev–Trinajstić information content (AvgIpc) is 2.45. The van der Waals surface area contributed by atoms with E-state index in [0.29, 0.717) is 23.3 Å². The molecule has 0 heterocycles. The van der Waals surface area contributed by atoms with Crippen LogP contribution in [0.5, 0.6) is 17.2 Å². The highest BCUT2D eigenvalue weighted by atomic mass is 16.5. The van der Waals surface area contributed by atoms with Crippen molar-refractivity contribution in [1.29, 1.82) is 0 Å². The number of methoxy groups -OCH3 is 2. The number of hydrogen-bond donors (Lipinski definition) is 1. The molecule has 0 amide bonds. The fraction of sp³-hybridized carbons (Fsp3) is 0.133. The van der Waals surface area contributed by atoms with Gasteiger partial charge in [0.2, 0.25) is 0 Å². The summed E-state index contributed by atoms with van der Waals surface area (Å²) in [7, 11) is 2.99. The number of carbonyl (C=O) groups excluding carboxylic acids is 1. The predicted octanol–water partition coefficient (Wildman–Crippen LogP) is 2.89. The van der Waals surface area contributed by atoms with E-state index in [1.54, 1.807) is 30.3 Å². The number of ether oxygens (including phenoxy) is 2. The molecule has 0 spiro atoms. The molecular weight excluding hydrogens is 244 g/mol. The number of phenols is 1. The normalized spacial score (nSPS) is 10.0. The van der Waals surface area contributed by atoms with Crippen LogP contribution in [0, 0.1) is 0 Å². The standard InChI is InChI=1S/C15H14O4/c1-18-14-7-11(8-15(19-2)13(14)9-16)10-4-3-5-12(17)6-10/h3-9,17H,1-2H3. The van der Waals surface area contributed by atoms with E-state index in [-0.39, 0.29) is 5.75 Å². The fourth-order valence-electron chi connectivity index (χ4n) is 1.91. The van der Waals surface area contributed by atoms with Crippen LogP contribution in [-0.2, 0) is 0 Å². The zero-order valence-electron chi connectivity index (χ0n) is 10.7. The molecule has 4 nitrogen and oxygen atoms in total. The SMILES string of the molecule is COc1cc(-c2cccc(O)c2)cc(OC)c1C=O. The lowest BCUT2D eigenvalue weighted by Crippen LogP contribution is -1.96. The molecule has 0 unspecified atom stereocenters. The van der Waals surface area contributed by atoms with E-state index >= 15 is 0 Å². The van der Waals surface area contributed by atoms with E-state index in [2.05, 4.69) is 0 Å². The Morgan fingerprint density at radius 1 is 1.00 bits per heavy atom. The van der Waals surface area contributed by atoms with Gasteiger partial charge in [0, 0.05) is 0 Å². The van der Waals surface area contributed by atoms with Crippen LogP contribution in [0.15, 0.2) is 36.4 Å². The summed E-state index contributed by atoms with van der Waals surface area (Å²) in [5.74, 6) is 1.05. The van der Waals surface area contributed by atoms with Gasteiger partial charge < -0.3 is 14.6 Å². The fourth-order valence-corrected chi connectivity index (χ4v) is 1.91. The van der Waals surface area contributed by atoms with Gasteiger partial charge in [0.25, 0.3) is 0 Å². The van der Waals surface area contributed by atoms with Crippen molar-refractivity contribution in [3.8, 4) is 28.4 Å². The van der Waals surface area contributed by atoms with Crippen molar-refractivity contribution in [1.82, 2.24) is 0 Å². The van der Waals surface area contributed by atoms with E-state index in [0.717, 1.165) is 11.1 Å². The highest BCUT2D eigenvalue weighted by Crippen LogP contribution is 2.34. The number of benzene rings is 2. The van der Waals surface area contributed by atoms with Crippen LogP contribution in [0.4, 0.5) is 0 Å². The van der Waals surface area contributed by atoms with E-state index in [4.69, 9.17) is 9.47 Å². The van der Waals surface area contributed by atoms with Crippen molar-refractivity contribution >= 4 is 6.29 Å². The topological polar surface area (TPSA) is 55.8 Å². The van der Waals surface area contributed by atoms with E-state index < -0.39 is 0 Å². The lowest BCUT2D eigenvalue weighted by Gasteiger charge is -2.12. The molecule has 1 N–H and O–H groups in total. The molecule has 2 aromatic rings. The van der Waals surface area contributed by atoms with Crippen LogP contribution in [0.2, 0.25) is 0 Å². The number of hydrogen-bond acceptors (Lipinski definition) is 4. The second-order valence-corrected chi connectivity index (χ2v) is 3.96. The number of phenolic OH excluding ortho intramolecular Hbond substituents is 1. The van der Waals surface area contributed by atoms with E-state index in [9.17, 15) is 9.90 Å². The molecule has 2 aromatic carbocycles. The Kier molecular flexibility index (Phi) is 3.71. The van der Waals surface area contributed by atoms with Gasteiger partial charge in [0.1, 0.15) is 17.2 Å². The average molecular weight is 258 g/mol. The Morgan fingerprint density at radius 3 is 2.11 bits per heavy atom. The summed E-state index contributed by atoms with van der Waals surface area (Å²) in [5, 5.41) is 9.51. The van der Waals surface area contributed by atoms with Crippen LogP contribution in [0.3, 0.4) is 0 Å². The molecule has 0 fully saturated rings. The molecule has 0 aromatic heterocycles. The number of aromatic hydroxyl groups is 1. The number of rotatable bonds is 4. The second kappa shape index (κ2) is 5.44. The summed E-state index contributed by atoms with van der Waals surface area (Å²) >= 11 is 0. The lowest BCUT2D eigenvalue weighted by molar-refractivity contribution is 0.111. The third kappa shape index (κ3) is 2.52. The summed E-state index contributed by atoms with van der Waals surface area (Å²) in [5.41, 5.74) is 1.98. The monoisotopic (exact) mass is 258 g/mol. The Balaban J connectivity index is 2.62. The summed E-state index contributed by atoms with van der Waals surface area (Å²) in [6.45, 7) is 0. The van der Waals surface area contributed by atoms with E-state index in [1.165, 1.54) is 14.2 Å². The molecule has 0 aliphatic carbocycles. The van der Waals surface area contributed by atoms with Crippen molar-refractivity contribution in [3.05, 3.63) is 42.0 Å². The Labute approximate surface area is 111 Å². The molecule has 0 atom stereocenters. The first kappa shape index (κ1) is 13.0. The molecule has 2 rings (SSSR count). The van der Waals surface area contributed by atoms with Crippen LogP contribution >= 0.6 is 0 Å². The van der Waals surface area contributed by atoms with Crippen molar-refractivity contribution in [2.24, 2.45) is 0 Å². The molecule has 0 saturated carbocycles. The van der Waals surface area contributed by atoms with Crippen LogP contribution in [0.1, 0.15) is 10.4 Å². The minimum Gasteiger partial charge on any atom is -0.508 e. The van der Waals surface area contributed by atoms with Crippen molar-refractivity contribution in [3.63, 3.8) is 0 Å². The smallest absolute Gasteiger partial charge is 0.157 e. The van der Waals surface area contributed by atoms with Crippen LogP contribution < -0.4 is 9.47 Å². The first-order valence-electron chi connectivity index (χ1n) is 5.70. The third-order valence-electron chi connectivity index (χ3n) is 2.84. The molecule has 19 heavy (non-hydrogen) atoms. The molecule has 0 aliphatic rings. The molecule has 0 saturated heterocycles. The number of carbonyl (C=O) groups is 1. The second-order valence-electron chi connectivity index (χ2n) is 3.96. The molecular formula is C15H14O4. The molecule has 0 bridgehead atoms.